The zero-order valence-electron chi connectivity index (χ0n) is 11.0. The molecule has 3 atom stereocenters. The summed E-state index contributed by atoms with van der Waals surface area (Å²) in [6.45, 7) is 8.62. The van der Waals surface area contributed by atoms with E-state index in [0.717, 1.165) is 12.3 Å². The largest absolute Gasteiger partial charge is 0.298 e. The number of ketones is 1. The standard InChI is InChI=1S/C15H24O/c1-10(2)14(16)15-8-7-12(4)13(15)6-5-11(3)9-15/h9-10,12-13H,5-8H2,1-4H3/t12-,13+,15-/m0/s1. The number of hydrogen-bond acceptors (Lipinski definition) is 1. The average molecular weight is 220 g/mol. The lowest BCUT2D eigenvalue weighted by Crippen LogP contribution is -2.39. The van der Waals surface area contributed by atoms with E-state index in [1.54, 1.807) is 0 Å². The predicted molar refractivity (Wildman–Crippen MR) is 67.2 cm³/mol. The number of allylic oxidation sites excluding steroid dienone is 2. The molecule has 0 aromatic rings. The normalized spacial score (nSPS) is 38.4. The van der Waals surface area contributed by atoms with Crippen molar-refractivity contribution in [2.45, 2.75) is 53.4 Å². The average Bonchev–Trinajstić information content (AvgIpc) is 2.55. The van der Waals surface area contributed by atoms with Crippen molar-refractivity contribution in [1.82, 2.24) is 0 Å². The van der Waals surface area contributed by atoms with Crippen molar-refractivity contribution in [1.29, 1.82) is 0 Å². The van der Waals surface area contributed by atoms with Crippen molar-refractivity contribution < 1.29 is 4.79 Å². The van der Waals surface area contributed by atoms with E-state index in [4.69, 9.17) is 0 Å². The SMILES string of the molecule is CC1=C[C@@]2(C(=O)C(C)C)CC[C@H](C)[C@H]2CC1. The molecule has 16 heavy (non-hydrogen) atoms. The molecule has 1 heteroatoms. The Kier molecular flexibility index (Phi) is 2.98. The topological polar surface area (TPSA) is 17.1 Å². The van der Waals surface area contributed by atoms with E-state index >= 15 is 0 Å². The van der Waals surface area contributed by atoms with Gasteiger partial charge in [0.05, 0.1) is 5.41 Å². The second-order valence-electron chi connectivity index (χ2n) is 6.21. The van der Waals surface area contributed by atoms with E-state index in [1.807, 2.05) is 0 Å². The van der Waals surface area contributed by atoms with Crippen LogP contribution in [0.15, 0.2) is 11.6 Å². The van der Waals surface area contributed by atoms with Crippen molar-refractivity contribution in [3.05, 3.63) is 11.6 Å². The van der Waals surface area contributed by atoms with E-state index in [9.17, 15) is 4.79 Å². The van der Waals surface area contributed by atoms with Crippen LogP contribution in [0.2, 0.25) is 0 Å². The van der Waals surface area contributed by atoms with Crippen LogP contribution in [0.4, 0.5) is 0 Å². The molecule has 1 nitrogen and oxygen atoms in total. The summed E-state index contributed by atoms with van der Waals surface area (Å²) in [7, 11) is 0. The number of fused-ring (bicyclic) bond motifs is 1. The monoisotopic (exact) mass is 220 g/mol. The van der Waals surface area contributed by atoms with Crippen LogP contribution in [0.3, 0.4) is 0 Å². The molecule has 0 radical (unpaired) electrons. The van der Waals surface area contributed by atoms with E-state index in [-0.39, 0.29) is 11.3 Å². The maximum absolute atomic E-state index is 12.5. The highest BCUT2D eigenvalue weighted by Gasteiger charge is 2.51. The van der Waals surface area contributed by atoms with Gasteiger partial charge in [0.2, 0.25) is 0 Å². The highest BCUT2D eigenvalue weighted by Crippen LogP contribution is 2.54. The third-order valence-electron chi connectivity index (χ3n) is 4.70. The fraction of sp³-hybridized carbons (Fsp3) is 0.800. The molecule has 0 spiro atoms. The molecule has 2 aliphatic rings. The lowest BCUT2D eigenvalue weighted by molar-refractivity contribution is -0.131. The van der Waals surface area contributed by atoms with Gasteiger partial charge in [-0.25, -0.2) is 0 Å². The molecule has 1 fully saturated rings. The molecule has 0 bridgehead atoms. The summed E-state index contributed by atoms with van der Waals surface area (Å²) < 4.78 is 0. The number of rotatable bonds is 2. The van der Waals surface area contributed by atoms with Gasteiger partial charge in [-0.3, -0.25) is 4.79 Å². The van der Waals surface area contributed by atoms with E-state index in [0.29, 0.717) is 11.7 Å². The molecule has 1 saturated carbocycles. The fourth-order valence-corrected chi connectivity index (χ4v) is 3.89. The lowest BCUT2D eigenvalue weighted by atomic mass is 9.64. The maximum atomic E-state index is 12.5. The highest BCUT2D eigenvalue weighted by molar-refractivity contribution is 5.89. The minimum Gasteiger partial charge on any atom is -0.298 e. The van der Waals surface area contributed by atoms with Crippen molar-refractivity contribution in [3.63, 3.8) is 0 Å². The first-order valence-corrected chi connectivity index (χ1v) is 6.70. The number of carbonyl (C=O) groups is 1. The molecule has 2 rings (SSSR count). The highest BCUT2D eigenvalue weighted by atomic mass is 16.1. The minimum absolute atomic E-state index is 0.0874. The molecule has 90 valence electrons. The van der Waals surface area contributed by atoms with Crippen LogP contribution >= 0.6 is 0 Å². The summed E-state index contributed by atoms with van der Waals surface area (Å²) in [5.74, 6) is 2.01. The van der Waals surface area contributed by atoms with Crippen molar-refractivity contribution in [2.75, 3.05) is 0 Å². The van der Waals surface area contributed by atoms with Crippen LogP contribution in [0.25, 0.3) is 0 Å². The number of carbonyl (C=O) groups excluding carboxylic acids is 1. The van der Waals surface area contributed by atoms with Crippen LogP contribution in [0.1, 0.15) is 53.4 Å². The van der Waals surface area contributed by atoms with Gasteiger partial charge < -0.3 is 0 Å². The summed E-state index contributed by atoms with van der Waals surface area (Å²) in [5.41, 5.74) is 1.34. The first-order chi connectivity index (χ1) is 7.47. The Hall–Kier alpha value is -0.590. The quantitative estimate of drug-likeness (QED) is 0.643. The predicted octanol–water partition coefficient (Wildman–Crippen LogP) is 3.98. The molecule has 0 amide bonds. The Morgan fingerprint density at radius 1 is 1.44 bits per heavy atom. The van der Waals surface area contributed by atoms with E-state index in [1.165, 1.54) is 24.8 Å². The molecule has 0 aliphatic heterocycles. The Morgan fingerprint density at radius 3 is 2.75 bits per heavy atom. The summed E-state index contributed by atoms with van der Waals surface area (Å²) in [4.78, 5) is 12.5. The van der Waals surface area contributed by atoms with Gasteiger partial charge in [0.15, 0.2) is 0 Å². The zero-order valence-corrected chi connectivity index (χ0v) is 11.0. The maximum Gasteiger partial charge on any atom is 0.145 e. The van der Waals surface area contributed by atoms with Gasteiger partial charge in [0, 0.05) is 5.92 Å². The molecule has 0 unspecified atom stereocenters. The second kappa shape index (κ2) is 4.01. The van der Waals surface area contributed by atoms with Gasteiger partial charge in [0.1, 0.15) is 5.78 Å². The van der Waals surface area contributed by atoms with Crippen LogP contribution < -0.4 is 0 Å². The first-order valence-electron chi connectivity index (χ1n) is 6.70. The summed E-state index contributed by atoms with van der Waals surface area (Å²) in [6, 6.07) is 0. The molecule has 2 aliphatic carbocycles. The van der Waals surface area contributed by atoms with Crippen molar-refractivity contribution in [2.24, 2.45) is 23.2 Å². The molecular weight excluding hydrogens is 196 g/mol. The van der Waals surface area contributed by atoms with E-state index in [2.05, 4.69) is 33.8 Å². The second-order valence-corrected chi connectivity index (χ2v) is 6.21. The van der Waals surface area contributed by atoms with Gasteiger partial charge >= 0.3 is 0 Å². The van der Waals surface area contributed by atoms with E-state index < -0.39 is 0 Å². The zero-order chi connectivity index (χ0) is 11.9. The summed E-state index contributed by atoms with van der Waals surface area (Å²) >= 11 is 0. The van der Waals surface area contributed by atoms with Crippen LogP contribution in [-0.2, 0) is 4.79 Å². The fourth-order valence-electron chi connectivity index (χ4n) is 3.89. The van der Waals surface area contributed by atoms with Crippen LogP contribution in [0.5, 0.6) is 0 Å². The number of hydrogen-bond donors (Lipinski definition) is 0. The Balaban J connectivity index is 2.40. The third kappa shape index (κ3) is 1.65. The van der Waals surface area contributed by atoms with Gasteiger partial charge in [-0.1, -0.05) is 32.4 Å². The Morgan fingerprint density at radius 2 is 2.12 bits per heavy atom. The van der Waals surface area contributed by atoms with Gasteiger partial charge in [-0.2, -0.15) is 0 Å². The molecular formula is C15H24O. The third-order valence-corrected chi connectivity index (χ3v) is 4.70. The van der Waals surface area contributed by atoms with Gasteiger partial charge in [0.25, 0.3) is 0 Å². The van der Waals surface area contributed by atoms with Crippen LogP contribution in [-0.4, -0.2) is 5.78 Å². The summed E-state index contributed by atoms with van der Waals surface area (Å²) in [6.07, 6.45) is 7.07. The molecule has 0 N–H and O–H groups in total. The smallest absolute Gasteiger partial charge is 0.145 e. The Labute approximate surface area is 99.3 Å². The molecule has 0 aromatic carbocycles. The minimum atomic E-state index is -0.0874. The number of Topliss-reactive ketones (excluding diaryl/α,β-unsaturated/α-hetero) is 1. The van der Waals surface area contributed by atoms with Crippen molar-refractivity contribution in [3.8, 4) is 0 Å². The van der Waals surface area contributed by atoms with Gasteiger partial charge in [-0.05, 0) is 44.4 Å². The molecule has 0 aromatic heterocycles. The van der Waals surface area contributed by atoms with Gasteiger partial charge in [-0.15, -0.1) is 0 Å². The van der Waals surface area contributed by atoms with Crippen molar-refractivity contribution >= 4 is 5.78 Å². The molecule has 0 heterocycles. The Bertz CT molecular complexity index is 326. The summed E-state index contributed by atoms with van der Waals surface area (Å²) in [5, 5.41) is 0. The molecule has 0 saturated heterocycles. The van der Waals surface area contributed by atoms with Crippen LogP contribution in [0, 0.1) is 23.2 Å². The first kappa shape index (κ1) is 11.9. The lowest BCUT2D eigenvalue weighted by Gasteiger charge is -2.38.